The summed E-state index contributed by atoms with van der Waals surface area (Å²) in [6, 6.07) is 13.7. The highest BCUT2D eigenvalue weighted by molar-refractivity contribution is 9.10. The minimum Gasteiger partial charge on any atom is -0.290 e. The summed E-state index contributed by atoms with van der Waals surface area (Å²) >= 11 is 3.47. The van der Waals surface area contributed by atoms with Crippen molar-refractivity contribution >= 4 is 33.3 Å². The summed E-state index contributed by atoms with van der Waals surface area (Å²) in [5, 5.41) is 0. The van der Waals surface area contributed by atoms with Gasteiger partial charge >= 0.3 is 5.91 Å². The molecule has 2 heterocycles. The number of halogens is 1. The molecule has 4 rings (SSSR count). The Kier molecular flexibility index (Phi) is 3.54. The lowest BCUT2D eigenvalue weighted by Crippen LogP contribution is -2.43. The molecule has 116 valence electrons. The molecule has 1 amide bonds. The van der Waals surface area contributed by atoms with Crippen molar-refractivity contribution in [2.75, 3.05) is 18.1 Å². The zero-order chi connectivity index (χ0) is 16.0. The van der Waals surface area contributed by atoms with E-state index in [9.17, 15) is 9.59 Å². The molecule has 0 atom stereocenters. The van der Waals surface area contributed by atoms with Crippen LogP contribution in [0.25, 0.3) is 0 Å². The first-order chi connectivity index (χ1) is 11.1. The van der Waals surface area contributed by atoms with Crippen molar-refractivity contribution in [2.45, 2.75) is 13.0 Å². The quantitative estimate of drug-likeness (QED) is 0.763. The Balaban J connectivity index is 1.61. The van der Waals surface area contributed by atoms with Gasteiger partial charge in [0.05, 0.1) is 17.9 Å². The minimum atomic E-state index is -0.439. The lowest BCUT2D eigenvalue weighted by molar-refractivity contribution is -0.114. The van der Waals surface area contributed by atoms with Crippen LogP contribution in [-0.4, -0.2) is 29.8 Å². The Morgan fingerprint density at radius 1 is 1.00 bits per heavy atom. The maximum Gasteiger partial charge on any atom is 0.300 e. The zero-order valence-corrected chi connectivity index (χ0v) is 14.0. The molecule has 0 radical (unpaired) electrons. The van der Waals surface area contributed by atoms with Crippen molar-refractivity contribution in [3.8, 4) is 0 Å². The van der Waals surface area contributed by atoms with E-state index >= 15 is 0 Å². The van der Waals surface area contributed by atoms with Crippen LogP contribution in [0.3, 0.4) is 0 Å². The second-order valence-electron chi connectivity index (χ2n) is 5.91. The van der Waals surface area contributed by atoms with Crippen molar-refractivity contribution in [1.29, 1.82) is 0 Å². The van der Waals surface area contributed by atoms with Gasteiger partial charge in [-0.3, -0.25) is 19.4 Å². The van der Waals surface area contributed by atoms with Gasteiger partial charge in [0.15, 0.2) is 0 Å². The standard InChI is InChI=1S/C18H15BrN2O2/c19-15-7-3-6-14-16(15)21(18(23)17(14)22)11-20-9-8-12-4-1-2-5-13(12)10-20/h1-7H,8-11H2. The molecule has 0 fully saturated rings. The Morgan fingerprint density at radius 3 is 2.61 bits per heavy atom. The average molecular weight is 371 g/mol. The molecule has 0 unspecified atom stereocenters. The molecule has 5 heteroatoms. The number of ketones is 1. The number of benzene rings is 2. The van der Waals surface area contributed by atoms with Crippen LogP contribution >= 0.6 is 15.9 Å². The molecule has 0 saturated carbocycles. The third-order valence-corrected chi connectivity index (χ3v) is 5.13. The van der Waals surface area contributed by atoms with E-state index in [0.717, 1.165) is 24.0 Å². The summed E-state index contributed by atoms with van der Waals surface area (Å²) in [6.45, 7) is 2.12. The molecule has 2 aromatic carbocycles. The number of hydrogen-bond donors (Lipinski definition) is 0. The number of carbonyl (C=O) groups excluding carboxylic acids is 2. The molecule has 0 aliphatic carbocycles. The van der Waals surface area contributed by atoms with Gasteiger partial charge in [-0.1, -0.05) is 30.3 Å². The first-order valence-electron chi connectivity index (χ1n) is 7.59. The molecule has 2 aliphatic rings. The second-order valence-corrected chi connectivity index (χ2v) is 6.77. The van der Waals surface area contributed by atoms with Crippen molar-refractivity contribution < 1.29 is 9.59 Å². The molecule has 0 bridgehead atoms. The number of nitrogens with zero attached hydrogens (tertiary/aromatic N) is 2. The monoisotopic (exact) mass is 370 g/mol. The molecule has 23 heavy (non-hydrogen) atoms. The number of para-hydroxylation sites is 1. The fourth-order valence-corrected chi connectivity index (χ4v) is 3.90. The number of carbonyl (C=O) groups is 2. The smallest absolute Gasteiger partial charge is 0.290 e. The molecule has 0 saturated heterocycles. The number of fused-ring (bicyclic) bond motifs is 2. The van der Waals surface area contributed by atoms with Crippen LogP contribution in [-0.2, 0) is 17.8 Å². The summed E-state index contributed by atoms with van der Waals surface area (Å²) in [5.74, 6) is -0.857. The van der Waals surface area contributed by atoms with Gasteiger partial charge in [0.25, 0.3) is 5.78 Å². The van der Waals surface area contributed by atoms with E-state index < -0.39 is 11.7 Å². The minimum absolute atomic E-state index is 0.418. The first kappa shape index (κ1) is 14.6. The van der Waals surface area contributed by atoms with E-state index in [1.807, 2.05) is 12.1 Å². The lowest BCUT2D eigenvalue weighted by Gasteiger charge is -2.32. The summed E-state index contributed by atoms with van der Waals surface area (Å²) in [6.07, 6.45) is 0.967. The van der Waals surface area contributed by atoms with Gasteiger partial charge in [-0.2, -0.15) is 0 Å². The van der Waals surface area contributed by atoms with Crippen LogP contribution in [0.2, 0.25) is 0 Å². The Labute approximate surface area is 142 Å². The molecule has 4 nitrogen and oxygen atoms in total. The van der Waals surface area contributed by atoms with Crippen molar-refractivity contribution in [3.63, 3.8) is 0 Å². The van der Waals surface area contributed by atoms with Crippen LogP contribution in [0.5, 0.6) is 0 Å². The Bertz CT molecular complexity index is 818. The van der Waals surface area contributed by atoms with Gasteiger partial charge in [0, 0.05) is 17.6 Å². The molecular weight excluding hydrogens is 356 g/mol. The van der Waals surface area contributed by atoms with E-state index in [0.29, 0.717) is 17.9 Å². The summed E-state index contributed by atoms with van der Waals surface area (Å²) in [7, 11) is 0. The van der Waals surface area contributed by atoms with Crippen molar-refractivity contribution in [3.05, 3.63) is 63.6 Å². The normalized spacial score (nSPS) is 17.3. The molecule has 0 spiro atoms. The number of anilines is 1. The van der Waals surface area contributed by atoms with Crippen LogP contribution in [0, 0.1) is 0 Å². The van der Waals surface area contributed by atoms with Gasteiger partial charge in [-0.05, 0) is 45.6 Å². The number of hydrogen-bond acceptors (Lipinski definition) is 3. The molecule has 2 aliphatic heterocycles. The summed E-state index contributed by atoms with van der Waals surface area (Å²) < 4.78 is 0.784. The number of Topliss-reactive ketones (excluding diaryl/α,β-unsaturated/α-hetero) is 1. The molecule has 2 aromatic rings. The van der Waals surface area contributed by atoms with Crippen LogP contribution in [0.1, 0.15) is 21.5 Å². The number of amides is 1. The molecular formula is C18H15BrN2O2. The predicted molar refractivity (Wildman–Crippen MR) is 91.4 cm³/mol. The van der Waals surface area contributed by atoms with Crippen LogP contribution in [0.15, 0.2) is 46.9 Å². The summed E-state index contributed by atoms with van der Waals surface area (Å²) in [5.41, 5.74) is 3.85. The fraction of sp³-hybridized carbons (Fsp3) is 0.222. The number of rotatable bonds is 2. The third-order valence-electron chi connectivity index (χ3n) is 4.49. The average Bonchev–Trinajstić information content (AvgIpc) is 2.81. The van der Waals surface area contributed by atoms with Gasteiger partial charge < -0.3 is 0 Å². The van der Waals surface area contributed by atoms with E-state index in [1.165, 1.54) is 11.1 Å². The third kappa shape index (κ3) is 2.40. The lowest BCUT2D eigenvalue weighted by atomic mass is 10.0. The van der Waals surface area contributed by atoms with E-state index in [2.05, 4.69) is 39.0 Å². The van der Waals surface area contributed by atoms with Gasteiger partial charge in [-0.15, -0.1) is 0 Å². The second kappa shape index (κ2) is 5.58. The highest BCUT2D eigenvalue weighted by atomic mass is 79.9. The maximum atomic E-state index is 12.4. The first-order valence-corrected chi connectivity index (χ1v) is 8.38. The van der Waals surface area contributed by atoms with Crippen LogP contribution in [0.4, 0.5) is 5.69 Å². The van der Waals surface area contributed by atoms with E-state index in [-0.39, 0.29) is 0 Å². The van der Waals surface area contributed by atoms with Crippen molar-refractivity contribution in [1.82, 2.24) is 4.90 Å². The Morgan fingerprint density at radius 2 is 1.78 bits per heavy atom. The van der Waals surface area contributed by atoms with Crippen molar-refractivity contribution in [2.24, 2.45) is 0 Å². The van der Waals surface area contributed by atoms with E-state index in [1.54, 1.807) is 17.0 Å². The zero-order valence-electron chi connectivity index (χ0n) is 12.5. The molecule has 0 N–H and O–H groups in total. The Hall–Kier alpha value is -1.98. The largest absolute Gasteiger partial charge is 0.300 e. The fourth-order valence-electron chi connectivity index (χ4n) is 3.32. The highest BCUT2D eigenvalue weighted by Crippen LogP contribution is 2.36. The SMILES string of the molecule is O=C1C(=O)N(CN2CCc3ccccc3C2)c2c(Br)cccc21. The van der Waals surface area contributed by atoms with Crippen LogP contribution < -0.4 is 4.90 Å². The topological polar surface area (TPSA) is 40.6 Å². The summed E-state index contributed by atoms with van der Waals surface area (Å²) in [4.78, 5) is 28.3. The predicted octanol–water partition coefficient (Wildman–Crippen LogP) is 2.99. The van der Waals surface area contributed by atoms with E-state index in [4.69, 9.17) is 0 Å². The highest BCUT2D eigenvalue weighted by Gasteiger charge is 2.38. The maximum absolute atomic E-state index is 12.4. The molecule has 0 aromatic heterocycles. The van der Waals surface area contributed by atoms with Gasteiger partial charge in [-0.25, -0.2) is 0 Å². The van der Waals surface area contributed by atoms with Gasteiger partial charge in [0.2, 0.25) is 0 Å². The van der Waals surface area contributed by atoms with Gasteiger partial charge in [0.1, 0.15) is 0 Å².